The molecular weight excluding hydrogens is 248 g/mol. The largest absolute Gasteiger partial charge is 0.481 e. The number of hydrogen-bond donors (Lipinski definition) is 2. The van der Waals surface area contributed by atoms with E-state index >= 15 is 0 Å². The highest BCUT2D eigenvalue weighted by Gasteiger charge is 2.50. The van der Waals surface area contributed by atoms with Gasteiger partial charge in [-0.25, -0.2) is 0 Å². The zero-order valence-corrected chi connectivity index (χ0v) is 10.9. The van der Waals surface area contributed by atoms with Crippen molar-refractivity contribution in [2.45, 2.75) is 17.7 Å². The fourth-order valence-electron chi connectivity index (χ4n) is 1.85. The Balaban J connectivity index is 2.15. The summed E-state index contributed by atoms with van der Waals surface area (Å²) in [5.74, 6) is -0.755. The number of aliphatic carboxylic acids is 1. The topological polar surface area (TPSA) is 73.1 Å². The van der Waals surface area contributed by atoms with Crippen molar-refractivity contribution in [1.82, 2.24) is 0 Å². The third-order valence-corrected chi connectivity index (χ3v) is 4.06. The Morgan fingerprint density at radius 3 is 2.83 bits per heavy atom. The molecule has 1 aliphatic carbocycles. The molecule has 0 amide bonds. The average molecular weight is 262 g/mol. The van der Waals surface area contributed by atoms with Gasteiger partial charge in [0, 0.05) is 11.4 Å². The van der Waals surface area contributed by atoms with Gasteiger partial charge in [-0.3, -0.25) is 4.79 Å². The molecule has 2 rings (SSSR count). The van der Waals surface area contributed by atoms with Crippen molar-refractivity contribution in [3.63, 3.8) is 0 Å². The van der Waals surface area contributed by atoms with E-state index in [4.69, 9.17) is 10.4 Å². The molecule has 0 aromatic heterocycles. The van der Waals surface area contributed by atoms with Crippen LogP contribution in [0.25, 0.3) is 0 Å². The molecule has 0 saturated heterocycles. The van der Waals surface area contributed by atoms with Crippen LogP contribution in [0.5, 0.6) is 0 Å². The Morgan fingerprint density at radius 2 is 2.33 bits per heavy atom. The maximum absolute atomic E-state index is 11.1. The number of hydrogen-bond acceptors (Lipinski definition) is 4. The van der Waals surface area contributed by atoms with Gasteiger partial charge in [-0.1, -0.05) is 6.07 Å². The van der Waals surface area contributed by atoms with Crippen molar-refractivity contribution in [2.24, 2.45) is 5.41 Å². The van der Waals surface area contributed by atoms with Gasteiger partial charge in [0.1, 0.15) is 6.07 Å². The number of nitrogens with zero attached hydrogens (tertiary/aromatic N) is 1. The van der Waals surface area contributed by atoms with Gasteiger partial charge in [-0.15, -0.1) is 11.8 Å². The molecule has 1 aliphatic rings. The lowest BCUT2D eigenvalue weighted by molar-refractivity contribution is -0.142. The maximum Gasteiger partial charge on any atom is 0.311 e. The predicted octanol–water partition coefficient (Wildman–Crippen LogP) is 2.56. The number of rotatable bonds is 5. The molecule has 4 nitrogen and oxygen atoms in total. The summed E-state index contributed by atoms with van der Waals surface area (Å²) in [5.41, 5.74) is 0.685. The number of nitrogens with one attached hydrogen (secondary N) is 1. The Kier molecular flexibility index (Phi) is 3.48. The summed E-state index contributed by atoms with van der Waals surface area (Å²) in [6.45, 7) is 0.384. The number of benzene rings is 1. The quantitative estimate of drug-likeness (QED) is 0.798. The zero-order chi connectivity index (χ0) is 13.2. The fourth-order valence-corrected chi connectivity index (χ4v) is 2.42. The van der Waals surface area contributed by atoms with Crippen LogP contribution in [0.2, 0.25) is 0 Å². The molecule has 1 fully saturated rings. The van der Waals surface area contributed by atoms with E-state index in [-0.39, 0.29) is 0 Å². The minimum Gasteiger partial charge on any atom is -0.481 e. The first-order chi connectivity index (χ1) is 8.63. The molecule has 1 aromatic carbocycles. The summed E-state index contributed by atoms with van der Waals surface area (Å²) in [7, 11) is 0. The van der Waals surface area contributed by atoms with E-state index < -0.39 is 11.4 Å². The highest BCUT2D eigenvalue weighted by molar-refractivity contribution is 7.98. The molecule has 2 N–H and O–H groups in total. The number of thioether (sulfide) groups is 1. The molecule has 5 heteroatoms. The van der Waals surface area contributed by atoms with Crippen molar-refractivity contribution >= 4 is 23.4 Å². The van der Waals surface area contributed by atoms with Crippen LogP contribution in [0.15, 0.2) is 23.1 Å². The van der Waals surface area contributed by atoms with Gasteiger partial charge in [0.15, 0.2) is 0 Å². The van der Waals surface area contributed by atoms with Gasteiger partial charge in [0.25, 0.3) is 0 Å². The normalized spacial score (nSPS) is 15.8. The molecule has 1 saturated carbocycles. The van der Waals surface area contributed by atoms with E-state index in [2.05, 4.69) is 11.4 Å². The minimum atomic E-state index is -0.755. The fraction of sp³-hybridized carbons (Fsp3) is 0.385. The lowest BCUT2D eigenvalue weighted by atomic mass is 10.1. The summed E-state index contributed by atoms with van der Waals surface area (Å²) in [5, 5.41) is 21.4. The van der Waals surface area contributed by atoms with Crippen LogP contribution in [0.1, 0.15) is 18.4 Å². The van der Waals surface area contributed by atoms with Crippen molar-refractivity contribution < 1.29 is 9.90 Å². The second-order valence-electron chi connectivity index (χ2n) is 4.43. The molecule has 0 unspecified atom stereocenters. The summed E-state index contributed by atoms with van der Waals surface area (Å²) in [6, 6.07) is 7.74. The molecule has 0 atom stereocenters. The number of anilines is 1. The molecule has 0 bridgehead atoms. The number of nitriles is 1. The van der Waals surface area contributed by atoms with Gasteiger partial charge in [0.2, 0.25) is 0 Å². The van der Waals surface area contributed by atoms with Gasteiger partial charge in [-0.2, -0.15) is 5.26 Å². The monoisotopic (exact) mass is 262 g/mol. The van der Waals surface area contributed by atoms with E-state index in [1.807, 2.05) is 24.5 Å². The van der Waals surface area contributed by atoms with Gasteiger partial charge in [0.05, 0.1) is 16.7 Å². The lowest BCUT2D eigenvalue weighted by Gasteiger charge is -2.14. The smallest absolute Gasteiger partial charge is 0.311 e. The number of carboxylic acids is 1. The predicted molar refractivity (Wildman–Crippen MR) is 70.7 cm³/mol. The van der Waals surface area contributed by atoms with Crippen LogP contribution in [0.3, 0.4) is 0 Å². The Bertz CT molecular complexity index is 518. The van der Waals surface area contributed by atoms with Crippen LogP contribution < -0.4 is 5.32 Å². The highest BCUT2D eigenvalue weighted by Crippen LogP contribution is 2.46. The van der Waals surface area contributed by atoms with E-state index in [9.17, 15) is 4.79 Å². The van der Waals surface area contributed by atoms with Crippen molar-refractivity contribution in [2.75, 3.05) is 18.1 Å². The first-order valence-electron chi connectivity index (χ1n) is 5.67. The van der Waals surface area contributed by atoms with E-state index in [1.165, 1.54) is 11.8 Å². The van der Waals surface area contributed by atoms with Gasteiger partial charge in [-0.05, 0) is 31.2 Å². The highest BCUT2D eigenvalue weighted by atomic mass is 32.2. The SMILES string of the molecule is CSc1cccc(NCC2(C(=O)O)CC2)c1C#N. The summed E-state index contributed by atoms with van der Waals surface area (Å²) in [6.07, 6.45) is 3.33. The second-order valence-corrected chi connectivity index (χ2v) is 5.28. The molecule has 94 valence electrons. The van der Waals surface area contributed by atoms with Crippen molar-refractivity contribution in [1.29, 1.82) is 5.26 Å². The molecule has 0 heterocycles. The average Bonchev–Trinajstić information content (AvgIpc) is 3.16. The first-order valence-corrected chi connectivity index (χ1v) is 6.90. The first kappa shape index (κ1) is 12.8. The van der Waals surface area contributed by atoms with Crippen LogP contribution >= 0.6 is 11.8 Å². The molecule has 0 spiro atoms. The van der Waals surface area contributed by atoms with E-state index in [1.54, 1.807) is 0 Å². The third-order valence-electron chi connectivity index (χ3n) is 3.28. The standard InChI is InChI=1S/C13H14N2O2S/c1-18-11-4-2-3-10(9(11)7-14)15-8-13(5-6-13)12(16)17/h2-4,15H,5-6,8H2,1H3,(H,16,17). The zero-order valence-electron chi connectivity index (χ0n) is 10.1. The van der Waals surface area contributed by atoms with E-state index in [0.29, 0.717) is 24.9 Å². The Hall–Kier alpha value is -1.67. The van der Waals surface area contributed by atoms with E-state index in [0.717, 1.165) is 10.6 Å². The van der Waals surface area contributed by atoms with Crippen LogP contribution in [0.4, 0.5) is 5.69 Å². The lowest BCUT2D eigenvalue weighted by Crippen LogP contribution is -2.24. The van der Waals surface area contributed by atoms with Crippen molar-refractivity contribution in [3.8, 4) is 6.07 Å². The molecule has 0 radical (unpaired) electrons. The Morgan fingerprint density at radius 1 is 1.61 bits per heavy atom. The summed E-state index contributed by atoms with van der Waals surface area (Å²) in [4.78, 5) is 12.0. The minimum absolute atomic E-state index is 0.384. The Labute approximate surface area is 110 Å². The summed E-state index contributed by atoms with van der Waals surface area (Å²) >= 11 is 1.51. The second kappa shape index (κ2) is 4.91. The third kappa shape index (κ3) is 2.29. The summed E-state index contributed by atoms with van der Waals surface area (Å²) < 4.78 is 0. The molecule has 0 aliphatic heterocycles. The van der Waals surface area contributed by atoms with Crippen LogP contribution in [0, 0.1) is 16.7 Å². The molecule has 18 heavy (non-hydrogen) atoms. The number of carboxylic acid groups (broad SMARTS) is 1. The molecular formula is C13H14N2O2S. The molecule has 1 aromatic rings. The van der Waals surface area contributed by atoms with Gasteiger partial charge >= 0.3 is 5.97 Å². The number of carbonyl (C=O) groups is 1. The van der Waals surface area contributed by atoms with Crippen molar-refractivity contribution in [3.05, 3.63) is 23.8 Å². The maximum atomic E-state index is 11.1. The van der Waals surface area contributed by atoms with Gasteiger partial charge < -0.3 is 10.4 Å². The van der Waals surface area contributed by atoms with Crippen LogP contribution in [-0.4, -0.2) is 23.9 Å². The van der Waals surface area contributed by atoms with Crippen LogP contribution in [-0.2, 0) is 4.79 Å².